The van der Waals surface area contributed by atoms with Gasteiger partial charge in [0.15, 0.2) is 0 Å². The van der Waals surface area contributed by atoms with Crippen molar-refractivity contribution in [3.05, 3.63) is 137 Å². The number of aromatic amines is 2. The molecular formula is C47H46N2O3. The molecule has 2 heterocycles. The van der Waals surface area contributed by atoms with Gasteiger partial charge in [-0.1, -0.05) is 99.2 Å². The van der Waals surface area contributed by atoms with E-state index in [1.54, 1.807) is 12.1 Å². The summed E-state index contributed by atoms with van der Waals surface area (Å²) in [5.74, 6) is 1.20. The number of para-hydroxylation sites is 2. The Morgan fingerprint density at radius 3 is 1.37 bits per heavy atom. The van der Waals surface area contributed by atoms with E-state index in [2.05, 4.69) is 70.6 Å². The average molecular weight is 687 g/mol. The van der Waals surface area contributed by atoms with Gasteiger partial charge in [0, 0.05) is 50.2 Å². The summed E-state index contributed by atoms with van der Waals surface area (Å²) in [6, 6.07) is 37.2. The summed E-state index contributed by atoms with van der Waals surface area (Å²) in [5, 5.41) is 36.4. The van der Waals surface area contributed by atoms with Crippen LogP contribution in [-0.4, -0.2) is 25.3 Å². The van der Waals surface area contributed by atoms with Gasteiger partial charge < -0.3 is 25.3 Å². The average Bonchev–Trinajstić information content (AvgIpc) is 3.82. The Bertz CT molecular complexity index is 2160. The number of nitrogens with one attached hydrogen (secondary N) is 2. The van der Waals surface area contributed by atoms with Gasteiger partial charge in [-0.25, -0.2) is 0 Å². The van der Waals surface area contributed by atoms with E-state index in [0.29, 0.717) is 11.5 Å². The fourth-order valence-corrected chi connectivity index (χ4v) is 9.30. The third-order valence-corrected chi connectivity index (χ3v) is 12.0. The smallest absolute Gasteiger partial charge is 0.119 e. The van der Waals surface area contributed by atoms with Crippen molar-refractivity contribution in [1.29, 1.82) is 0 Å². The van der Waals surface area contributed by atoms with Crippen molar-refractivity contribution in [3.8, 4) is 39.8 Å². The van der Waals surface area contributed by atoms with Gasteiger partial charge in [0.25, 0.3) is 0 Å². The molecule has 0 radical (unpaired) electrons. The number of hydrogen-bond donors (Lipinski definition) is 5. The Hall–Kier alpha value is -5.42. The molecule has 9 rings (SSSR count). The molecule has 2 aliphatic rings. The van der Waals surface area contributed by atoms with Gasteiger partial charge in [-0.3, -0.25) is 0 Å². The normalized spacial score (nSPS) is 15.9. The zero-order valence-corrected chi connectivity index (χ0v) is 29.5. The minimum absolute atomic E-state index is 0.219. The number of aromatic nitrogens is 2. The molecule has 0 aliphatic heterocycles. The first-order valence-electron chi connectivity index (χ1n) is 19.2. The highest BCUT2D eigenvalue weighted by atomic mass is 16.3. The first-order valence-corrected chi connectivity index (χ1v) is 19.2. The molecule has 0 spiro atoms. The molecule has 2 saturated carbocycles. The van der Waals surface area contributed by atoms with Crippen LogP contribution in [0.1, 0.15) is 110 Å². The second kappa shape index (κ2) is 13.6. The Kier molecular flexibility index (Phi) is 8.50. The maximum Gasteiger partial charge on any atom is 0.119 e. The van der Waals surface area contributed by atoms with Crippen molar-refractivity contribution in [2.75, 3.05) is 0 Å². The summed E-state index contributed by atoms with van der Waals surface area (Å²) in [7, 11) is 0. The van der Waals surface area contributed by atoms with Crippen LogP contribution in [0.2, 0.25) is 0 Å². The second-order valence-electron chi connectivity index (χ2n) is 15.2. The van der Waals surface area contributed by atoms with Crippen LogP contribution < -0.4 is 0 Å². The standard InChI is InChI=1S/C47H46N2O3/c50-34-21-19-31(20-22-34)47(39-25-35(29-11-3-1-4-12-29)45(51)27-37(39)43-23-32-15-7-9-17-41(32)48-43)40-26-36(30-13-5-2-6-14-30)46(52)28-38(40)44-24-33-16-8-10-18-42(33)49-44/h7-10,15-30,47-52H,1-6,11-14H2. The van der Waals surface area contributed by atoms with Crippen molar-refractivity contribution < 1.29 is 15.3 Å². The third kappa shape index (κ3) is 6.02. The van der Waals surface area contributed by atoms with Crippen LogP contribution in [-0.2, 0) is 0 Å². The number of phenols is 3. The van der Waals surface area contributed by atoms with Crippen molar-refractivity contribution in [2.24, 2.45) is 0 Å². The maximum atomic E-state index is 11.8. The lowest BCUT2D eigenvalue weighted by molar-refractivity contribution is 0.414. The molecule has 5 nitrogen and oxygen atoms in total. The fourth-order valence-electron chi connectivity index (χ4n) is 9.30. The topological polar surface area (TPSA) is 92.3 Å². The molecule has 0 bridgehead atoms. The van der Waals surface area contributed by atoms with Gasteiger partial charge in [0.2, 0.25) is 0 Å². The highest BCUT2D eigenvalue weighted by Crippen LogP contribution is 2.50. The largest absolute Gasteiger partial charge is 0.508 e. The number of benzene rings is 5. The predicted octanol–water partition coefficient (Wildman–Crippen LogP) is 12.4. The van der Waals surface area contributed by atoms with E-state index in [-0.39, 0.29) is 23.5 Å². The van der Waals surface area contributed by atoms with Crippen molar-refractivity contribution in [2.45, 2.75) is 82.0 Å². The van der Waals surface area contributed by atoms with Crippen LogP contribution in [0, 0.1) is 0 Å². The highest BCUT2D eigenvalue weighted by molar-refractivity contribution is 5.89. The number of fused-ring (bicyclic) bond motifs is 2. The lowest BCUT2D eigenvalue weighted by Crippen LogP contribution is -2.12. The molecule has 0 amide bonds. The molecular weight excluding hydrogens is 641 g/mol. The second-order valence-corrected chi connectivity index (χ2v) is 15.2. The molecule has 0 unspecified atom stereocenters. The number of phenolic OH excluding ortho intramolecular Hbond substituents is 3. The number of hydrogen-bond acceptors (Lipinski definition) is 3. The van der Waals surface area contributed by atoms with E-state index in [0.717, 1.165) is 124 Å². The van der Waals surface area contributed by atoms with E-state index in [9.17, 15) is 15.3 Å². The minimum Gasteiger partial charge on any atom is -0.508 e. The van der Waals surface area contributed by atoms with E-state index < -0.39 is 0 Å². The van der Waals surface area contributed by atoms with Gasteiger partial charge in [-0.05, 0) is 114 Å². The minimum atomic E-state index is -0.283. The van der Waals surface area contributed by atoms with Crippen LogP contribution in [0.25, 0.3) is 44.3 Å². The molecule has 2 aliphatic carbocycles. The quantitative estimate of drug-likeness (QED) is 0.108. The maximum absolute atomic E-state index is 11.8. The molecule has 0 atom stereocenters. The van der Waals surface area contributed by atoms with Crippen LogP contribution in [0.3, 0.4) is 0 Å². The Morgan fingerprint density at radius 2 is 0.923 bits per heavy atom. The molecule has 5 N–H and O–H groups in total. The summed E-state index contributed by atoms with van der Waals surface area (Å²) in [6.07, 6.45) is 11.4. The third-order valence-electron chi connectivity index (χ3n) is 12.0. The van der Waals surface area contributed by atoms with Gasteiger partial charge in [-0.2, -0.15) is 0 Å². The molecule has 52 heavy (non-hydrogen) atoms. The molecule has 262 valence electrons. The first-order chi connectivity index (χ1) is 25.5. The van der Waals surface area contributed by atoms with E-state index in [1.807, 2.05) is 36.4 Å². The fraction of sp³-hybridized carbons (Fsp3) is 0.277. The van der Waals surface area contributed by atoms with E-state index in [1.165, 1.54) is 12.8 Å². The molecule has 0 saturated heterocycles. The predicted molar refractivity (Wildman–Crippen MR) is 212 cm³/mol. The summed E-state index contributed by atoms with van der Waals surface area (Å²) < 4.78 is 0. The number of rotatable bonds is 7. The van der Waals surface area contributed by atoms with Crippen molar-refractivity contribution in [1.82, 2.24) is 9.97 Å². The Labute approximate surface area is 305 Å². The highest BCUT2D eigenvalue weighted by Gasteiger charge is 2.31. The van der Waals surface area contributed by atoms with Gasteiger partial charge in [0.1, 0.15) is 17.2 Å². The molecule has 2 fully saturated rings. The molecule has 7 aromatic rings. The SMILES string of the molecule is Oc1ccc(C(c2cc(C3CCCCC3)c(O)cc2-c2cc3ccccc3[nH]2)c2cc(C3CCCCC3)c(O)cc2-c2cc3ccccc3[nH]2)cc1. The first kappa shape index (κ1) is 32.5. The Morgan fingerprint density at radius 1 is 0.481 bits per heavy atom. The number of H-pyrrole nitrogens is 2. The molecule has 2 aromatic heterocycles. The lowest BCUT2D eigenvalue weighted by atomic mass is 9.75. The van der Waals surface area contributed by atoms with Gasteiger partial charge in [-0.15, -0.1) is 0 Å². The van der Waals surface area contributed by atoms with Gasteiger partial charge in [0.05, 0.1) is 0 Å². The van der Waals surface area contributed by atoms with Crippen molar-refractivity contribution in [3.63, 3.8) is 0 Å². The molecule has 5 aromatic carbocycles. The lowest BCUT2D eigenvalue weighted by Gasteiger charge is -2.30. The summed E-state index contributed by atoms with van der Waals surface area (Å²) in [4.78, 5) is 7.37. The van der Waals surface area contributed by atoms with Crippen LogP contribution >= 0.6 is 0 Å². The summed E-state index contributed by atoms with van der Waals surface area (Å²) >= 11 is 0. The van der Waals surface area contributed by atoms with Crippen LogP contribution in [0.5, 0.6) is 17.2 Å². The van der Waals surface area contributed by atoms with Gasteiger partial charge >= 0.3 is 0 Å². The number of aromatic hydroxyl groups is 3. The van der Waals surface area contributed by atoms with Crippen LogP contribution in [0.15, 0.2) is 109 Å². The molecule has 5 heteroatoms. The summed E-state index contributed by atoms with van der Waals surface area (Å²) in [6.45, 7) is 0. The zero-order chi connectivity index (χ0) is 35.2. The Balaban J connectivity index is 1.35. The van der Waals surface area contributed by atoms with E-state index in [4.69, 9.17) is 0 Å². The van der Waals surface area contributed by atoms with Crippen LogP contribution in [0.4, 0.5) is 0 Å². The zero-order valence-electron chi connectivity index (χ0n) is 29.5. The summed E-state index contributed by atoms with van der Waals surface area (Å²) in [5.41, 5.74) is 11.1. The monoisotopic (exact) mass is 686 g/mol. The van der Waals surface area contributed by atoms with E-state index >= 15 is 0 Å². The van der Waals surface area contributed by atoms with Crippen molar-refractivity contribution >= 4 is 21.8 Å².